The first-order valence-electron chi connectivity index (χ1n) is 30.8. The minimum atomic E-state index is -2.05. The first-order chi connectivity index (χ1) is 40.9. The molecule has 4 aliphatic heterocycles. The van der Waals surface area contributed by atoms with Gasteiger partial charge in [0.25, 0.3) is 0 Å². The number of ether oxygens (including phenoxy) is 14. The Balaban J connectivity index is 0.782. The van der Waals surface area contributed by atoms with E-state index in [0.717, 1.165) is 11.1 Å². The summed E-state index contributed by atoms with van der Waals surface area (Å²) in [5, 5.41) is 74.3. The normalized spacial score (nSPS) is 47.2. The highest BCUT2D eigenvalue weighted by Crippen LogP contribution is 2.72. The molecule has 480 valence electrons. The van der Waals surface area contributed by atoms with Crippen LogP contribution >= 0.6 is 0 Å². The molecule has 0 spiro atoms. The van der Waals surface area contributed by atoms with E-state index in [-0.39, 0.29) is 38.7 Å². The van der Waals surface area contributed by atoms with Gasteiger partial charge in [0.05, 0.1) is 72.6 Å². The molecule has 7 fully saturated rings. The molecule has 4 heterocycles. The molecular weight excluding hydrogens is 1120 g/mol. The second kappa shape index (κ2) is 26.1. The molecule has 10 rings (SSSR count). The minimum absolute atomic E-state index is 0.0122. The van der Waals surface area contributed by atoms with Crippen LogP contribution in [-0.2, 0) is 77.7 Å². The first kappa shape index (κ1) is 65.6. The summed E-state index contributed by atoms with van der Waals surface area (Å²) in [4.78, 5) is 14.0. The van der Waals surface area contributed by atoms with Gasteiger partial charge >= 0.3 is 5.97 Å². The predicted molar refractivity (Wildman–Crippen MR) is 308 cm³/mol. The Labute approximate surface area is 505 Å². The van der Waals surface area contributed by atoms with Crippen LogP contribution in [0.5, 0.6) is 0 Å². The minimum Gasteiger partial charge on any atom is -0.458 e. The Morgan fingerprint density at radius 2 is 1.19 bits per heavy atom. The van der Waals surface area contributed by atoms with Gasteiger partial charge in [0.2, 0.25) is 0 Å². The van der Waals surface area contributed by atoms with Crippen molar-refractivity contribution >= 4 is 12.0 Å². The predicted octanol–water partition coefficient (Wildman–Crippen LogP) is 5.19. The number of carbonyl (C=O) groups excluding carboxylic acids is 1. The molecule has 0 radical (unpaired) electrons. The lowest BCUT2D eigenvalue weighted by Crippen LogP contribution is -2.80. The summed E-state index contributed by atoms with van der Waals surface area (Å²) in [6, 6.07) is 18.9. The number of hydrogen-bond donors (Lipinski definition) is 6. The van der Waals surface area contributed by atoms with E-state index in [2.05, 4.69) is 0 Å². The van der Waals surface area contributed by atoms with E-state index in [0.29, 0.717) is 25.7 Å². The van der Waals surface area contributed by atoms with E-state index < -0.39 is 168 Å². The van der Waals surface area contributed by atoms with Gasteiger partial charge in [-0.25, -0.2) is 4.79 Å². The fourth-order valence-electron chi connectivity index (χ4n) is 16.1. The number of hydrogen-bond acceptors (Lipinski definition) is 21. The molecule has 86 heavy (non-hydrogen) atoms. The summed E-state index contributed by atoms with van der Waals surface area (Å²) in [6.45, 7) is 12.8. The van der Waals surface area contributed by atoms with Crippen molar-refractivity contribution in [1.29, 1.82) is 0 Å². The van der Waals surface area contributed by atoms with Crippen LogP contribution in [0.25, 0.3) is 6.08 Å². The van der Waals surface area contributed by atoms with Crippen LogP contribution in [0.3, 0.4) is 0 Å². The number of aliphatic hydroxyl groups is 6. The quantitative estimate of drug-likeness (QED) is 0.0600. The summed E-state index contributed by atoms with van der Waals surface area (Å²) >= 11 is 0. The Kier molecular flexibility index (Phi) is 19.9. The van der Waals surface area contributed by atoms with Crippen LogP contribution in [0.1, 0.15) is 117 Å². The molecule has 2 aromatic carbocycles. The number of carbonyl (C=O) groups is 1. The van der Waals surface area contributed by atoms with Gasteiger partial charge in [-0.15, -0.1) is 0 Å². The first-order valence-corrected chi connectivity index (χ1v) is 30.8. The largest absolute Gasteiger partial charge is 0.458 e. The van der Waals surface area contributed by atoms with Crippen molar-refractivity contribution in [3.63, 3.8) is 0 Å². The molecule has 8 aliphatic rings. The summed E-state index contributed by atoms with van der Waals surface area (Å²) in [5.41, 5.74) is -8.42. The second-order valence-corrected chi connectivity index (χ2v) is 25.9. The highest BCUT2D eigenvalue weighted by molar-refractivity contribution is 5.87. The van der Waals surface area contributed by atoms with Gasteiger partial charge in [-0.1, -0.05) is 86.7 Å². The summed E-state index contributed by atoms with van der Waals surface area (Å²) in [7, 11) is 6.20. The number of methoxy groups -OCH3 is 4. The number of rotatable bonds is 19. The molecule has 27 unspecified atom stereocenters. The maximum absolute atomic E-state index is 14.0. The maximum atomic E-state index is 14.0. The van der Waals surface area contributed by atoms with Gasteiger partial charge in [0, 0.05) is 71.5 Å². The van der Waals surface area contributed by atoms with E-state index in [1.54, 1.807) is 54.3 Å². The van der Waals surface area contributed by atoms with Crippen molar-refractivity contribution in [3.05, 3.63) is 90.0 Å². The Bertz CT molecular complexity index is 2630. The summed E-state index contributed by atoms with van der Waals surface area (Å²) in [6.07, 6.45) is -6.54. The molecule has 21 heteroatoms. The van der Waals surface area contributed by atoms with E-state index >= 15 is 0 Å². The van der Waals surface area contributed by atoms with E-state index in [1.807, 2.05) is 88.4 Å². The zero-order chi connectivity index (χ0) is 61.7. The Morgan fingerprint density at radius 1 is 0.640 bits per heavy atom. The lowest BCUT2D eigenvalue weighted by Gasteiger charge is -2.69. The Hall–Kier alpha value is -3.37. The molecule has 0 aromatic heterocycles. The summed E-state index contributed by atoms with van der Waals surface area (Å²) < 4.78 is 87.7. The number of esters is 1. The monoisotopic (exact) mass is 1210 g/mol. The van der Waals surface area contributed by atoms with Gasteiger partial charge in [-0.2, -0.15) is 0 Å². The molecule has 4 aliphatic carbocycles. The molecule has 2 aromatic rings. The average Bonchev–Trinajstić information content (AvgIpc) is 1.30. The number of fused-ring (bicyclic) bond motifs is 5. The van der Waals surface area contributed by atoms with Crippen molar-refractivity contribution in [2.75, 3.05) is 28.4 Å². The van der Waals surface area contributed by atoms with Crippen LogP contribution in [-0.4, -0.2) is 210 Å². The maximum Gasteiger partial charge on any atom is 0.331 e. The van der Waals surface area contributed by atoms with Gasteiger partial charge < -0.3 is 97.0 Å². The zero-order valence-electron chi connectivity index (χ0n) is 51.6. The topological polar surface area (TPSA) is 268 Å². The van der Waals surface area contributed by atoms with Crippen molar-refractivity contribution in [1.82, 2.24) is 0 Å². The fourth-order valence-corrected chi connectivity index (χ4v) is 16.1. The highest BCUT2D eigenvalue weighted by Gasteiger charge is 2.82. The third-order valence-electron chi connectivity index (χ3n) is 21.4. The van der Waals surface area contributed by atoms with Crippen LogP contribution in [0.15, 0.2) is 78.9 Å². The van der Waals surface area contributed by atoms with Crippen molar-refractivity contribution in [2.45, 2.75) is 258 Å². The molecule has 4 saturated heterocycles. The molecular formula is C65H94O21. The fraction of sp³-hybridized carbons (Fsp3) is 0.738. The number of benzene rings is 2. The standard InChI is InChI=1S/C65H94O21/c1-36-53(67)58(76-11)54(68)59(81-36)86-57-39(4)80-52(32-46(57)75-10)85-56-38(3)79-51(31-45(56)74-9)84-55-37(2)78-50(30-44(55)73-8)82-43-24-25-60(6)47-33-48(83-49(66)23-22-41-18-14-12-15-19-41)61(7)63(70,40(5)77-35-42-20-16-13-17-21-42)28-29-65(61,72)64(47,71)27-26-62(60,69)34-43/h12-23,26-27,36-40,43-48,50-59,67-72H,24-25,28-35H2,1-11H3. The van der Waals surface area contributed by atoms with Crippen molar-refractivity contribution < 1.29 is 102 Å². The third-order valence-corrected chi connectivity index (χ3v) is 21.4. The SMILES string of the molecule is COC1CC(OC2CCC3(C)C4CC(OC(=O)C=Cc5ccccc5)C5(C)C(O)(C(C)OCc6ccccc6)CCC5(O)C4(O)C=CC3(O)C2)OC(C)C1OC1CC(OC)C(OC2CC(OC)C(OC3OC(C)C(O)C(OC)C3O)C(C)O2)C(C)O1. The zero-order valence-corrected chi connectivity index (χ0v) is 51.6. The van der Waals surface area contributed by atoms with Crippen molar-refractivity contribution in [3.8, 4) is 0 Å². The molecule has 3 saturated carbocycles. The van der Waals surface area contributed by atoms with E-state index in [4.69, 9.17) is 66.3 Å². The van der Waals surface area contributed by atoms with Crippen molar-refractivity contribution in [2.24, 2.45) is 16.7 Å². The van der Waals surface area contributed by atoms with Gasteiger partial charge in [-0.05, 0) is 83.9 Å². The molecule has 27 atom stereocenters. The average molecular weight is 1210 g/mol. The van der Waals surface area contributed by atoms with Gasteiger partial charge in [0.1, 0.15) is 59.5 Å². The third kappa shape index (κ3) is 11.9. The number of aliphatic hydroxyl groups excluding tert-OH is 2. The van der Waals surface area contributed by atoms with Gasteiger partial charge in [0.15, 0.2) is 25.2 Å². The van der Waals surface area contributed by atoms with Gasteiger partial charge in [-0.3, -0.25) is 0 Å². The smallest absolute Gasteiger partial charge is 0.331 e. The molecule has 0 amide bonds. The molecule has 0 bridgehead atoms. The summed E-state index contributed by atoms with van der Waals surface area (Å²) in [5.74, 6) is -1.52. The molecule has 6 N–H and O–H groups in total. The van der Waals surface area contributed by atoms with E-state index in [1.165, 1.54) is 19.3 Å². The Morgan fingerprint density at radius 3 is 1.74 bits per heavy atom. The van der Waals surface area contributed by atoms with Crippen LogP contribution in [0.2, 0.25) is 0 Å². The molecule has 21 nitrogen and oxygen atoms in total. The second-order valence-electron chi connectivity index (χ2n) is 25.9. The van der Waals surface area contributed by atoms with Crippen LogP contribution in [0.4, 0.5) is 0 Å². The van der Waals surface area contributed by atoms with E-state index in [9.17, 15) is 35.4 Å². The van der Waals surface area contributed by atoms with Crippen LogP contribution < -0.4 is 0 Å². The lowest BCUT2D eigenvalue weighted by atomic mass is 9.41. The van der Waals surface area contributed by atoms with Crippen LogP contribution in [0, 0.1) is 16.7 Å². The lowest BCUT2D eigenvalue weighted by molar-refractivity contribution is -0.356. The highest BCUT2D eigenvalue weighted by atomic mass is 16.8.